The molecule has 7 heteroatoms. The summed E-state index contributed by atoms with van der Waals surface area (Å²) in [5.74, 6) is 1.05. The van der Waals surface area contributed by atoms with E-state index in [1.165, 1.54) is 5.69 Å². The summed E-state index contributed by atoms with van der Waals surface area (Å²) in [7, 11) is -3.49. The second kappa shape index (κ2) is 9.19. The van der Waals surface area contributed by atoms with Crippen molar-refractivity contribution in [3.63, 3.8) is 0 Å². The Balaban J connectivity index is 1.49. The highest BCUT2D eigenvalue weighted by Gasteiger charge is 2.22. The second-order valence-corrected chi connectivity index (χ2v) is 8.57. The molecule has 0 aliphatic carbocycles. The summed E-state index contributed by atoms with van der Waals surface area (Å²) < 4.78 is 33.3. The topological polar surface area (TPSA) is 71.5 Å². The first-order valence-electron chi connectivity index (χ1n) is 9.46. The lowest BCUT2D eigenvalue weighted by molar-refractivity contribution is 0.317. The molecule has 146 valence electrons. The monoisotopic (exact) mass is 389 g/mol. The first-order valence-corrected chi connectivity index (χ1v) is 10.9. The van der Waals surface area contributed by atoms with Crippen LogP contribution in [0.15, 0.2) is 53.7 Å². The standard InChI is InChI=1S/C20H27N3O3S/c1-2-15-26-19-3-5-20(6-4-19)27(24,25)22-16-17-9-13-23(14-10-17)18-7-11-21-12-8-18/h3-8,11-12,17,22H,2,9-10,13-16H2,1H3. The fraction of sp³-hybridized carbons (Fsp3) is 0.450. The number of nitrogens with zero attached hydrogens (tertiary/aromatic N) is 2. The highest BCUT2D eigenvalue weighted by Crippen LogP contribution is 2.23. The van der Waals surface area contributed by atoms with Gasteiger partial charge in [-0.2, -0.15) is 0 Å². The highest BCUT2D eigenvalue weighted by molar-refractivity contribution is 7.89. The van der Waals surface area contributed by atoms with Gasteiger partial charge in [0.25, 0.3) is 0 Å². The SMILES string of the molecule is CCCOc1ccc(S(=O)(=O)NCC2CCN(c3ccncc3)CC2)cc1. The first-order chi connectivity index (χ1) is 13.1. The minimum absolute atomic E-state index is 0.278. The molecule has 0 amide bonds. The molecule has 3 rings (SSSR count). The molecule has 2 heterocycles. The van der Waals surface area contributed by atoms with Crippen LogP contribution in [-0.2, 0) is 10.0 Å². The van der Waals surface area contributed by atoms with Crippen LogP contribution < -0.4 is 14.4 Å². The summed E-state index contributed by atoms with van der Waals surface area (Å²) in [6.45, 7) is 4.99. The number of ether oxygens (including phenoxy) is 1. The molecule has 0 radical (unpaired) electrons. The third kappa shape index (κ3) is 5.43. The molecule has 0 saturated carbocycles. The minimum Gasteiger partial charge on any atom is -0.494 e. The van der Waals surface area contributed by atoms with Crippen molar-refractivity contribution in [2.75, 3.05) is 31.1 Å². The van der Waals surface area contributed by atoms with Crippen molar-refractivity contribution in [3.8, 4) is 5.75 Å². The van der Waals surface area contributed by atoms with E-state index in [2.05, 4.69) is 14.6 Å². The van der Waals surface area contributed by atoms with Gasteiger partial charge in [0.1, 0.15) is 5.75 Å². The lowest BCUT2D eigenvalue weighted by atomic mass is 9.97. The summed E-state index contributed by atoms with van der Waals surface area (Å²) in [6, 6.07) is 10.6. The highest BCUT2D eigenvalue weighted by atomic mass is 32.2. The van der Waals surface area contributed by atoms with Crippen LogP contribution in [0.4, 0.5) is 5.69 Å². The molecule has 1 saturated heterocycles. The summed E-state index contributed by atoms with van der Waals surface area (Å²) >= 11 is 0. The molecule has 0 atom stereocenters. The quantitative estimate of drug-likeness (QED) is 0.751. The van der Waals surface area contributed by atoms with Crippen molar-refractivity contribution in [3.05, 3.63) is 48.8 Å². The summed E-state index contributed by atoms with van der Waals surface area (Å²) in [6.07, 6.45) is 6.45. The molecule has 6 nitrogen and oxygen atoms in total. The summed E-state index contributed by atoms with van der Waals surface area (Å²) in [4.78, 5) is 6.65. The Hall–Kier alpha value is -2.12. The van der Waals surface area contributed by atoms with Gasteiger partial charge >= 0.3 is 0 Å². The van der Waals surface area contributed by atoms with Crippen LogP contribution in [0.2, 0.25) is 0 Å². The van der Waals surface area contributed by atoms with Gasteiger partial charge in [-0.3, -0.25) is 4.98 Å². The van der Waals surface area contributed by atoms with Gasteiger partial charge in [-0.25, -0.2) is 13.1 Å². The zero-order valence-electron chi connectivity index (χ0n) is 15.7. The van der Waals surface area contributed by atoms with E-state index in [0.717, 1.165) is 32.4 Å². The molecule has 1 N–H and O–H groups in total. The maximum atomic E-state index is 12.5. The summed E-state index contributed by atoms with van der Waals surface area (Å²) in [5, 5.41) is 0. The van der Waals surface area contributed by atoms with Gasteiger partial charge in [0, 0.05) is 37.7 Å². The van der Waals surface area contributed by atoms with Gasteiger partial charge in [0.05, 0.1) is 11.5 Å². The Bertz CT molecular complexity index is 802. The van der Waals surface area contributed by atoms with Crippen LogP contribution in [0.25, 0.3) is 0 Å². The average molecular weight is 390 g/mol. The van der Waals surface area contributed by atoms with Crippen molar-refractivity contribution in [1.29, 1.82) is 0 Å². The van der Waals surface area contributed by atoms with Crippen molar-refractivity contribution in [1.82, 2.24) is 9.71 Å². The number of sulfonamides is 1. The maximum absolute atomic E-state index is 12.5. The van der Waals surface area contributed by atoms with Crippen molar-refractivity contribution in [2.45, 2.75) is 31.1 Å². The fourth-order valence-corrected chi connectivity index (χ4v) is 4.31. The number of nitrogens with one attached hydrogen (secondary N) is 1. The van der Waals surface area contributed by atoms with Crippen LogP contribution >= 0.6 is 0 Å². The lowest BCUT2D eigenvalue weighted by Gasteiger charge is -2.33. The van der Waals surface area contributed by atoms with Crippen LogP contribution in [0.5, 0.6) is 5.75 Å². The number of piperidine rings is 1. The molecule has 1 aromatic heterocycles. The lowest BCUT2D eigenvalue weighted by Crippen LogP contribution is -2.38. The van der Waals surface area contributed by atoms with Crippen molar-refractivity contribution in [2.24, 2.45) is 5.92 Å². The van der Waals surface area contributed by atoms with Crippen LogP contribution in [-0.4, -0.2) is 39.6 Å². The molecule has 1 fully saturated rings. The number of anilines is 1. The maximum Gasteiger partial charge on any atom is 0.240 e. The van der Waals surface area contributed by atoms with E-state index in [1.54, 1.807) is 36.7 Å². The Morgan fingerprint density at radius 1 is 1.11 bits per heavy atom. The third-order valence-corrected chi connectivity index (χ3v) is 6.25. The Kier molecular flexibility index (Phi) is 6.68. The Morgan fingerprint density at radius 2 is 1.78 bits per heavy atom. The predicted octanol–water partition coefficient (Wildman–Crippen LogP) is 3.07. The minimum atomic E-state index is -3.49. The van der Waals surface area contributed by atoms with Crippen molar-refractivity contribution < 1.29 is 13.2 Å². The molecule has 0 bridgehead atoms. The van der Waals surface area contributed by atoms with E-state index >= 15 is 0 Å². The van der Waals surface area contributed by atoms with Gasteiger partial charge in [-0.05, 0) is 61.6 Å². The average Bonchev–Trinajstić information content (AvgIpc) is 2.72. The van der Waals surface area contributed by atoms with Gasteiger partial charge < -0.3 is 9.64 Å². The summed E-state index contributed by atoms with van der Waals surface area (Å²) in [5.41, 5.74) is 1.18. The zero-order valence-corrected chi connectivity index (χ0v) is 16.5. The van der Waals surface area contributed by atoms with Crippen LogP contribution in [0, 0.1) is 5.92 Å². The molecule has 0 spiro atoms. The van der Waals surface area contributed by atoms with Gasteiger partial charge in [0.15, 0.2) is 0 Å². The molecular weight excluding hydrogens is 362 g/mol. The van der Waals surface area contributed by atoms with Gasteiger partial charge in [-0.15, -0.1) is 0 Å². The molecule has 2 aromatic rings. The predicted molar refractivity (Wildman–Crippen MR) is 107 cm³/mol. The molecule has 0 unspecified atom stereocenters. The van der Waals surface area contributed by atoms with E-state index in [-0.39, 0.29) is 4.90 Å². The third-order valence-electron chi connectivity index (χ3n) is 4.81. The van der Waals surface area contributed by atoms with Crippen molar-refractivity contribution >= 4 is 15.7 Å². The fourth-order valence-electron chi connectivity index (χ4n) is 3.20. The number of aromatic nitrogens is 1. The van der Waals surface area contributed by atoms with E-state index in [4.69, 9.17) is 4.74 Å². The largest absolute Gasteiger partial charge is 0.494 e. The zero-order chi connectivity index (χ0) is 19.1. The number of rotatable bonds is 8. The molecule has 1 aromatic carbocycles. The van der Waals surface area contributed by atoms with Gasteiger partial charge in [0.2, 0.25) is 10.0 Å². The smallest absolute Gasteiger partial charge is 0.240 e. The Labute approximate surface area is 161 Å². The molecular formula is C20H27N3O3S. The number of benzene rings is 1. The van der Waals surface area contributed by atoms with E-state index < -0.39 is 10.0 Å². The van der Waals surface area contributed by atoms with Gasteiger partial charge in [-0.1, -0.05) is 6.92 Å². The molecule has 1 aliphatic heterocycles. The second-order valence-electron chi connectivity index (χ2n) is 6.81. The number of pyridine rings is 1. The van der Waals surface area contributed by atoms with E-state index in [9.17, 15) is 8.42 Å². The molecule has 27 heavy (non-hydrogen) atoms. The Morgan fingerprint density at radius 3 is 2.41 bits per heavy atom. The van der Waals surface area contributed by atoms with Crippen LogP contribution in [0.3, 0.4) is 0 Å². The van der Waals surface area contributed by atoms with Crippen LogP contribution in [0.1, 0.15) is 26.2 Å². The van der Waals surface area contributed by atoms with E-state index in [0.29, 0.717) is 24.8 Å². The number of hydrogen-bond donors (Lipinski definition) is 1. The molecule has 1 aliphatic rings. The normalized spacial score (nSPS) is 15.7. The van der Waals surface area contributed by atoms with E-state index in [1.807, 2.05) is 19.1 Å². The number of hydrogen-bond acceptors (Lipinski definition) is 5. The first kappa shape index (κ1) is 19.6.